The number of rotatable bonds is 14. The molecule has 3 N–H and O–H groups in total. The number of benzene rings is 4. The Kier molecular flexibility index (Phi) is 10.5. The standard InChI is InChI=1S/C38H34N6O5S2/c1-50-19-18-34(38(46)47)42-37(45)36-35(28-8-4-2-5-9-28)32-20-29(16-17-33(32)41-36)44(51(48,49)31-10-6-3-7-11-31)24-30-22-40-25-43(30)23-27-14-12-26(21-39)13-15-27/h2-17,20,22,25,34,41H,18-19,23-24H2,1H3,(H,42,45)(H,46,47)/t34-/m0/s1. The highest BCUT2D eigenvalue weighted by Gasteiger charge is 2.29. The van der Waals surface area contributed by atoms with Crippen LogP contribution in [0.25, 0.3) is 22.0 Å². The van der Waals surface area contributed by atoms with Gasteiger partial charge in [-0.3, -0.25) is 9.10 Å². The van der Waals surface area contributed by atoms with Crippen LogP contribution in [0.2, 0.25) is 0 Å². The summed E-state index contributed by atoms with van der Waals surface area (Å²) in [5.74, 6) is -1.16. The van der Waals surface area contributed by atoms with Gasteiger partial charge in [0.15, 0.2) is 0 Å². The average Bonchev–Trinajstić information content (AvgIpc) is 3.76. The van der Waals surface area contributed by atoms with Crippen molar-refractivity contribution in [2.24, 2.45) is 0 Å². The number of hydrogen-bond acceptors (Lipinski definition) is 7. The minimum Gasteiger partial charge on any atom is -0.480 e. The number of carboxylic acids is 1. The summed E-state index contributed by atoms with van der Waals surface area (Å²) in [4.78, 5) is 33.3. The smallest absolute Gasteiger partial charge is 0.326 e. The normalized spacial score (nSPS) is 11.9. The number of anilines is 1. The van der Waals surface area contributed by atoms with E-state index in [1.54, 1.807) is 73.2 Å². The van der Waals surface area contributed by atoms with Crippen LogP contribution in [0.1, 0.15) is 33.7 Å². The molecule has 258 valence electrons. The molecule has 6 rings (SSSR count). The number of nitrogens with zero attached hydrogens (tertiary/aromatic N) is 4. The van der Waals surface area contributed by atoms with Gasteiger partial charge in [-0.15, -0.1) is 0 Å². The Morgan fingerprint density at radius 1 is 1.02 bits per heavy atom. The van der Waals surface area contributed by atoms with Gasteiger partial charge >= 0.3 is 5.97 Å². The molecule has 0 saturated heterocycles. The van der Waals surface area contributed by atoms with Crippen molar-refractivity contribution in [1.29, 1.82) is 5.26 Å². The first-order valence-corrected chi connectivity index (χ1v) is 18.8. The van der Waals surface area contributed by atoms with Gasteiger partial charge in [0, 0.05) is 29.2 Å². The average molecular weight is 719 g/mol. The van der Waals surface area contributed by atoms with Crippen LogP contribution < -0.4 is 9.62 Å². The second-order valence-electron chi connectivity index (χ2n) is 11.8. The number of fused-ring (bicyclic) bond motifs is 1. The number of amides is 1. The molecule has 0 radical (unpaired) electrons. The van der Waals surface area contributed by atoms with Crippen molar-refractivity contribution in [2.75, 3.05) is 16.3 Å². The molecule has 0 saturated carbocycles. The van der Waals surface area contributed by atoms with Gasteiger partial charge in [-0.2, -0.15) is 17.0 Å². The number of nitrogens with one attached hydrogen (secondary N) is 2. The summed E-state index contributed by atoms with van der Waals surface area (Å²) in [6.07, 6.45) is 5.38. The number of hydrogen-bond donors (Lipinski definition) is 3. The Morgan fingerprint density at radius 2 is 1.73 bits per heavy atom. The molecular weight excluding hydrogens is 685 g/mol. The van der Waals surface area contributed by atoms with E-state index < -0.39 is 27.9 Å². The van der Waals surface area contributed by atoms with Gasteiger partial charge in [0.25, 0.3) is 15.9 Å². The van der Waals surface area contributed by atoms with E-state index in [1.165, 1.54) is 16.1 Å². The maximum absolute atomic E-state index is 14.4. The second kappa shape index (κ2) is 15.4. The number of carbonyl (C=O) groups is 2. The molecule has 6 aromatic rings. The Bertz CT molecular complexity index is 2320. The molecule has 0 bridgehead atoms. The third kappa shape index (κ3) is 7.67. The van der Waals surface area contributed by atoms with E-state index in [1.807, 2.05) is 53.3 Å². The molecule has 0 fully saturated rings. The summed E-state index contributed by atoms with van der Waals surface area (Å²) in [5.41, 5.74) is 4.38. The molecule has 4 aromatic carbocycles. The van der Waals surface area contributed by atoms with Crippen LogP contribution in [0, 0.1) is 11.3 Å². The number of sulfonamides is 1. The van der Waals surface area contributed by atoms with E-state index in [9.17, 15) is 28.4 Å². The fraction of sp³-hybridized carbons (Fsp3) is 0.158. The summed E-state index contributed by atoms with van der Waals surface area (Å²) >= 11 is 1.49. The maximum atomic E-state index is 14.4. The van der Waals surface area contributed by atoms with Gasteiger partial charge in [-0.25, -0.2) is 18.2 Å². The summed E-state index contributed by atoms with van der Waals surface area (Å²) in [5, 5.41) is 22.3. The van der Waals surface area contributed by atoms with Crippen LogP contribution in [0.4, 0.5) is 5.69 Å². The lowest BCUT2D eigenvalue weighted by Crippen LogP contribution is -2.41. The molecule has 2 aromatic heterocycles. The number of nitriles is 1. The van der Waals surface area contributed by atoms with Crippen LogP contribution in [-0.2, 0) is 27.9 Å². The molecule has 2 heterocycles. The quantitative estimate of drug-likeness (QED) is 0.119. The van der Waals surface area contributed by atoms with Crippen LogP contribution in [0.3, 0.4) is 0 Å². The van der Waals surface area contributed by atoms with Gasteiger partial charge in [-0.05, 0) is 72.0 Å². The van der Waals surface area contributed by atoms with Crippen LogP contribution in [0.15, 0.2) is 121 Å². The number of aromatic amines is 1. The highest BCUT2D eigenvalue weighted by Crippen LogP contribution is 2.37. The molecule has 13 heteroatoms. The lowest BCUT2D eigenvalue weighted by molar-refractivity contribution is -0.139. The van der Waals surface area contributed by atoms with Gasteiger partial charge in [0.1, 0.15) is 11.7 Å². The van der Waals surface area contributed by atoms with E-state index in [-0.39, 0.29) is 23.6 Å². The summed E-state index contributed by atoms with van der Waals surface area (Å²) in [7, 11) is -4.12. The molecule has 0 spiro atoms. The highest BCUT2D eigenvalue weighted by molar-refractivity contribution is 7.98. The largest absolute Gasteiger partial charge is 0.480 e. The van der Waals surface area contributed by atoms with Gasteiger partial charge < -0.3 is 20.0 Å². The predicted octanol–water partition coefficient (Wildman–Crippen LogP) is 6.28. The maximum Gasteiger partial charge on any atom is 0.326 e. The number of carbonyl (C=O) groups excluding carboxylic acids is 1. The van der Waals surface area contributed by atoms with Crippen LogP contribution in [0.5, 0.6) is 0 Å². The minimum atomic E-state index is -4.12. The molecule has 51 heavy (non-hydrogen) atoms. The second-order valence-corrected chi connectivity index (χ2v) is 14.6. The lowest BCUT2D eigenvalue weighted by atomic mass is 10.0. The molecule has 1 atom stereocenters. The molecule has 0 aliphatic carbocycles. The van der Waals surface area contributed by atoms with E-state index in [4.69, 9.17) is 0 Å². The summed E-state index contributed by atoms with van der Waals surface area (Å²) in [6.45, 7) is 0.342. The van der Waals surface area contributed by atoms with E-state index in [0.29, 0.717) is 51.3 Å². The number of aliphatic carboxylic acids is 1. The molecular formula is C38H34N6O5S2. The molecule has 0 unspecified atom stereocenters. The van der Waals surface area contributed by atoms with Gasteiger partial charge in [0.2, 0.25) is 0 Å². The van der Waals surface area contributed by atoms with Crippen molar-refractivity contribution < 1.29 is 23.1 Å². The van der Waals surface area contributed by atoms with Gasteiger partial charge in [-0.1, -0.05) is 60.7 Å². The SMILES string of the molecule is CSCC[C@H](NC(=O)c1[nH]c2ccc(N(Cc3cncn3Cc3ccc(C#N)cc3)S(=O)(=O)c3ccccc3)cc2c1-c1ccccc1)C(=O)O. The molecule has 1 amide bonds. The summed E-state index contributed by atoms with van der Waals surface area (Å²) in [6, 6.07) is 30.7. The first-order chi connectivity index (χ1) is 24.7. The monoisotopic (exact) mass is 718 g/mol. The predicted molar refractivity (Wildman–Crippen MR) is 198 cm³/mol. The topological polar surface area (TPSA) is 161 Å². The zero-order valence-electron chi connectivity index (χ0n) is 27.6. The molecule has 0 aliphatic rings. The lowest BCUT2D eigenvalue weighted by Gasteiger charge is -2.25. The summed E-state index contributed by atoms with van der Waals surface area (Å²) < 4.78 is 32.0. The van der Waals surface area contributed by atoms with Crippen molar-refractivity contribution in [3.8, 4) is 17.2 Å². The fourth-order valence-corrected chi connectivity index (χ4v) is 7.74. The van der Waals surface area contributed by atoms with Gasteiger partial charge in [0.05, 0.1) is 40.8 Å². The fourth-order valence-electron chi connectivity index (χ4n) is 5.82. The Balaban J connectivity index is 1.45. The molecule has 0 aliphatic heterocycles. The van der Waals surface area contributed by atoms with Crippen LogP contribution >= 0.6 is 11.8 Å². The Hall–Kier alpha value is -5.84. The number of thioether (sulfide) groups is 1. The third-order valence-electron chi connectivity index (χ3n) is 8.45. The van der Waals surface area contributed by atoms with E-state index in [2.05, 4.69) is 21.4 Å². The van der Waals surface area contributed by atoms with Crippen molar-refractivity contribution in [1.82, 2.24) is 19.9 Å². The Morgan fingerprint density at radius 3 is 2.39 bits per heavy atom. The zero-order chi connectivity index (χ0) is 36.0. The number of carboxylic acid groups (broad SMARTS) is 1. The first kappa shape index (κ1) is 35.0. The number of H-pyrrole nitrogens is 1. The minimum absolute atomic E-state index is 0.0623. The third-order valence-corrected chi connectivity index (χ3v) is 10.9. The van der Waals surface area contributed by atoms with E-state index >= 15 is 0 Å². The molecule has 11 nitrogen and oxygen atoms in total. The van der Waals surface area contributed by atoms with Crippen molar-refractivity contribution in [3.63, 3.8) is 0 Å². The van der Waals surface area contributed by atoms with Crippen molar-refractivity contribution >= 4 is 50.3 Å². The van der Waals surface area contributed by atoms with E-state index in [0.717, 1.165) is 5.56 Å². The van der Waals surface area contributed by atoms with Crippen molar-refractivity contribution in [2.45, 2.75) is 30.4 Å². The number of aromatic nitrogens is 3. The van der Waals surface area contributed by atoms with Crippen molar-refractivity contribution in [3.05, 3.63) is 138 Å². The van der Waals surface area contributed by atoms with Crippen LogP contribution in [-0.4, -0.2) is 58.0 Å². The number of imidazole rings is 1. The zero-order valence-corrected chi connectivity index (χ0v) is 29.2. The first-order valence-electron chi connectivity index (χ1n) is 16.0. The Labute approximate surface area is 299 Å². The highest BCUT2D eigenvalue weighted by atomic mass is 32.2.